The standard InChI is InChI=1S/C17H16N6O2/c1-24-13-6-4-12(5-7-13)10-22-11-18-15-14(22)16(25-2)21-17(20-15)23-9-3-8-19-23/h3-9,11H,10H2,1-2H3. The van der Waals surface area contributed by atoms with E-state index in [1.54, 1.807) is 37.6 Å². The molecule has 0 aliphatic heterocycles. The molecule has 0 bridgehead atoms. The molecule has 126 valence electrons. The van der Waals surface area contributed by atoms with E-state index in [0.29, 0.717) is 24.0 Å². The Kier molecular flexibility index (Phi) is 3.77. The van der Waals surface area contributed by atoms with Crippen LogP contribution in [0.2, 0.25) is 0 Å². The van der Waals surface area contributed by atoms with Crippen molar-refractivity contribution in [3.05, 3.63) is 54.6 Å². The third-order valence-electron chi connectivity index (χ3n) is 3.84. The minimum Gasteiger partial charge on any atom is -0.497 e. The summed E-state index contributed by atoms with van der Waals surface area (Å²) in [6, 6.07) is 9.69. The first kappa shape index (κ1) is 15.1. The van der Waals surface area contributed by atoms with Crippen molar-refractivity contribution in [2.45, 2.75) is 6.54 Å². The van der Waals surface area contributed by atoms with Gasteiger partial charge in [-0.25, -0.2) is 9.67 Å². The van der Waals surface area contributed by atoms with Gasteiger partial charge in [0.15, 0.2) is 11.2 Å². The van der Waals surface area contributed by atoms with Crippen LogP contribution in [0.15, 0.2) is 49.1 Å². The Morgan fingerprint density at radius 2 is 1.88 bits per heavy atom. The molecule has 0 unspecified atom stereocenters. The lowest BCUT2D eigenvalue weighted by atomic mass is 10.2. The topological polar surface area (TPSA) is 79.9 Å². The second-order valence-electron chi connectivity index (χ2n) is 5.38. The first-order chi connectivity index (χ1) is 12.3. The van der Waals surface area contributed by atoms with Gasteiger partial charge in [0.05, 0.1) is 20.5 Å². The average Bonchev–Trinajstić information content (AvgIpc) is 3.32. The van der Waals surface area contributed by atoms with Crippen LogP contribution in [0.1, 0.15) is 5.56 Å². The number of aromatic nitrogens is 6. The number of imidazole rings is 1. The van der Waals surface area contributed by atoms with Crippen LogP contribution in [0.4, 0.5) is 0 Å². The molecule has 8 nitrogen and oxygen atoms in total. The molecule has 0 spiro atoms. The molecule has 0 saturated heterocycles. The fraction of sp³-hybridized carbons (Fsp3) is 0.176. The Bertz CT molecular complexity index is 992. The summed E-state index contributed by atoms with van der Waals surface area (Å²) >= 11 is 0. The lowest BCUT2D eigenvalue weighted by molar-refractivity contribution is 0.399. The van der Waals surface area contributed by atoms with E-state index < -0.39 is 0 Å². The fourth-order valence-electron chi connectivity index (χ4n) is 2.61. The summed E-state index contributed by atoms with van der Waals surface area (Å²) in [6.45, 7) is 0.626. The van der Waals surface area contributed by atoms with Crippen molar-refractivity contribution < 1.29 is 9.47 Å². The van der Waals surface area contributed by atoms with Crippen molar-refractivity contribution in [3.8, 4) is 17.6 Å². The molecule has 0 amide bonds. The molecule has 8 heteroatoms. The third-order valence-corrected chi connectivity index (χ3v) is 3.84. The van der Waals surface area contributed by atoms with E-state index in [1.165, 1.54) is 0 Å². The average molecular weight is 336 g/mol. The summed E-state index contributed by atoms with van der Waals surface area (Å²) in [6.07, 6.45) is 5.18. The van der Waals surface area contributed by atoms with Crippen molar-refractivity contribution >= 4 is 11.2 Å². The molecule has 4 aromatic rings. The van der Waals surface area contributed by atoms with E-state index >= 15 is 0 Å². The van der Waals surface area contributed by atoms with Crippen LogP contribution in [0.3, 0.4) is 0 Å². The molecule has 3 heterocycles. The SMILES string of the molecule is COc1ccc(Cn2cnc3nc(-n4cccn4)nc(OC)c32)cc1. The lowest BCUT2D eigenvalue weighted by Crippen LogP contribution is -2.06. The van der Waals surface area contributed by atoms with Crippen molar-refractivity contribution in [1.82, 2.24) is 29.3 Å². The molecular weight excluding hydrogens is 320 g/mol. The quantitative estimate of drug-likeness (QED) is 0.555. The lowest BCUT2D eigenvalue weighted by Gasteiger charge is -2.09. The van der Waals surface area contributed by atoms with Crippen LogP contribution in [-0.2, 0) is 6.54 Å². The van der Waals surface area contributed by atoms with E-state index in [0.717, 1.165) is 16.8 Å². The number of nitrogens with zero attached hydrogens (tertiary/aromatic N) is 6. The highest BCUT2D eigenvalue weighted by atomic mass is 16.5. The first-order valence-electron chi connectivity index (χ1n) is 7.68. The van der Waals surface area contributed by atoms with Gasteiger partial charge in [-0.3, -0.25) is 0 Å². The van der Waals surface area contributed by atoms with Gasteiger partial charge in [0.2, 0.25) is 5.88 Å². The number of fused-ring (bicyclic) bond motifs is 1. The minimum absolute atomic E-state index is 0.420. The molecule has 4 rings (SSSR count). The molecular formula is C17H16N6O2. The predicted octanol–water partition coefficient (Wildman–Crippen LogP) is 2.08. The number of hydrogen-bond donors (Lipinski definition) is 0. The summed E-state index contributed by atoms with van der Waals surface area (Å²) < 4.78 is 14.2. The van der Waals surface area contributed by atoms with Gasteiger partial charge in [-0.05, 0) is 23.8 Å². The molecule has 3 aromatic heterocycles. The van der Waals surface area contributed by atoms with Gasteiger partial charge in [0, 0.05) is 18.9 Å². The summed E-state index contributed by atoms with van der Waals surface area (Å²) in [4.78, 5) is 13.3. The molecule has 0 fully saturated rings. The minimum atomic E-state index is 0.420. The van der Waals surface area contributed by atoms with Gasteiger partial charge in [0.1, 0.15) is 5.75 Å². The molecule has 0 saturated carbocycles. The molecule has 0 radical (unpaired) electrons. The normalized spacial score (nSPS) is 11.0. The van der Waals surface area contributed by atoms with Gasteiger partial charge in [-0.2, -0.15) is 15.1 Å². The van der Waals surface area contributed by atoms with Crippen molar-refractivity contribution in [2.75, 3.05) is 14.2 Å². The maximum Gasteiger partial charge on any atom is 0.256 e. The molecule has 0 aliphatic carbocycles. The molecule has 25 heavy (non-hydrogen) atoms. The van der Waals surface area contributed by atoms with Gasteiger partial charge in [0.25, 0.3) is 5.95 Å². The highest BCUT2D eigenvalue weighted by Gasteiger charge is 2.15. The molecule has 0 atom stereocenters. The summed E-state index contributed by atoms with van der Waals surface area (Å²) in [5, 5.41) is 4.15. The zero-order valence-electron chi connectivity index (χ0n) is 13.8. The molecule has 0 N–H and O–H groups in total. The Morgan fingerprint density at radius 3 is 2.56 bits per heavy atom. The largest absolute Gasteiger partial charge is 0.497 e. The Morgan fingerprint density at radius 1 is 1.04 bits per heavy atom. The third kappa shape index (κ3) is 2.78. The second kappa shape index (κ2) is 6.23. The monoisotopic (exact) mass is 336 g/mol. The number of hydrogen-bond acceptors (Lipinski definition) is 6. The van der Waals surface area contributed by atoms with E-state index in [-0.39, 0.29) is 0 Å². The van der Waals surface area contributed by atoms with Crippen molar-refractivity contribution in [1.29, 1.82) is 0 Å². The predicted molar refractivity (Wildman–Crippen MR) is 91.1 cm³/mol. The van der Waals surface area contributed by atoms with E-state index in [2.05, 4.69) is 20.1 Å². The summed E-state index contributed by atoms with van der Waals surface area (Å²) in [5.74, 6) is 1.70. The van der Waals surface area contributed by atoms with Gasteiger partial charge in [-0.15, -0.1) is 0 Å². The van der Waals surface area contributed by atoms with Crippen LogP contribution in [-0.4, -0.2) is 43.5 Å². The van der Waals surface area contributed by atoms with E-state index in [4.69, 9.17) is 9.47 Å². The van der Waals surface area contributed by atoms with Crippen molar-refractivity contribution in [2.24, 2.45) is 0 Å². The van der Waals surface area contributed by atoms with Crippen molar-refractivity contribution in [3.63, 3.8) is 0 Å². The van der Waals surface area contributed by atoms with Crippen LogP contribution < -0.4 is 9.47 Å². The highest BCUT2D eigenvalue weighted by molar-refractivity contribution is 5.77. The number of benzene rings is 1. The molecule has 0 aliphatic rings. The van der Waals surface area contributed by atoms with Gasteiger partial charge >= 0.3 is 0 Å². The number of rotatable bonds is 5. The van der Waals surface area contributed by atoms with Crippen LogP contribution >= 0.6 is 0 Å². The second-order valence-corrected chi connectivity index (χ2v) is 5.38. The van der Waals surface area contributed by atoms with Crippen LogP contribution in [0.25, 0.3) is 17.1 Å². The van der Waals surface area contributed by atoms with Crippen LogP contribution in [0, 0.1) is 0 Å². The number of ether oxygens (including phenoxy) is 2. The van der Waals surface area contributed by atoms with Gasteiger partial charge < -0.3 is 14.0 Å². The summed E-state index contributed by atoms with van der Waals surface area (Å²) in [5.41, 5.74) is 2.42. The summed E-state index contributed by atoms with van der Waals surface area (Å²) in [7, 11) is 3.23. The Balaban J connectivity index is 1.74. The fourth-order valence-corrected chi connectivity index (χ4v) is 2.61. The Hall–Kier alpha value is -3.42. The first-order valence-corrected chi connectivity index (χ1v) is 7.68. The Labute approximate surface area is 143 Å². The smallest absolute Gasteiger partial charge is 0.256 e. The van der Waals surface area contributed by atoms with E-state index in [1.807, 2.05) is 34.9 Å². The maximum atomic E-state index is 5.47. The highest BCUT2D eigenvalue weighted by Crippen LogP contribution is 2.24. The maximum absolute atomic E-state index is 5.47. The van der Waals surface area contributed by atoms with E-state index in [9.17, 15) is 0 Å². The zero-order valence-corrected chi connectivity index (χ0v) is 13.8. The molecule has 1 aromatic carbocycles. The van der Waals surface area contributed by atoms with Gasteiger partial charge in [-0.1, -0.05) is 12.1 Å². The zero-order chi connectivity index (χ0) is 17.2. The van der Waals surface area contributed by atoms with Crippen LogP contribution in [0.5, 0.6) is 11.6 Å². The number of methoxy groups -OCH3 is 2.